The molecule has 4 rings (SSSR count). The minimum Gasteiger partial charge on any atom is -0.494 e. The van der Waals surface area contributed by atoms with Gasteiger partial charge in [-0.2, -0.15) is 5.10 Å². The number of nitrogens with zero attached hydrogens (tertiary/aromatic N) is 2. The van der Waals surface area contributed by atoms with Gasteiger partial charge in [0, 0.05) is 10.9 Å². The number of rotatable bonds is 6. The molecule has 1 N–H and O–H groups in total. The molecular formula is C26H23N3O2. The molecule has 1 amide bonds. The zero-order valence-corrected chi connectivity index (χ0v) is 17.5. The fourth-order valence-electron chi connectivity index (χ4n) is 3.28. The summed E-state index contributed by atoms with van der Waals surface area (Å²) in [5.41, 5.74) is 7.68. The predicted octanol–water partition coefficient (Wildman–Crippen LogP) is 5.37. The van der Waals surface area contributed by atoms with Crippen molar-refractivity contribution in [3.8, 4) is 17.0 Å². The summed E-state index contributed by atoms with van der Waals surface area (Å²) in [5, 5.41) is 4.91. The monoisotopic (exact) mass is 409 g/mol. The van der Waals surface area contributed by atoms with E-state index in [9.17, 15) is 4.79 Å². The number of fused-ring (bicyclic) bond motifs is 1. The van der Waals surface area contributed by atoms with Crippen molar-refractivity contribution in [2.45, 2.75) is 13.8 Å². The van der Waals surface area contributed by atoms with E-state index in [1.165, 1.54) is 5.56 Å². The lowest BCUT2D eigenvalue weighted by molar-refractivity contribution is 0.0956. The zero-order valence-electron chi connectivity index (χ0n) is 17.5. The molecular weight excluding hydrogens is 386 g/mol. The summed E-state index contributed by atoms with van der Waals surface area (Å²) in [6.45, 7) is 4.60. The molecule has 154 valence electrons. The minimum atomic E-state index is -0.283. The van der Waals surface area contributed by atoms with Crippen LogP contribution in [0.4, 0.5) is 0 Å². The lowest BCUT2D eigenvalue weighted by Gasteiger charge is -2.09. The molecule has 4 aromatic rings. The maximum Gasteiger partial charge on any atom is 0.272 e. The first-order chi connectivity index (χ1) is 15.1. The Labute approximate surface area is 181 Å². The molecule has 0 aliphatic heterocycles. The summed E-state index contributed by atoms with van der Waals surface area (Å²) in [5.74, 6) is 0.518. The number of pyridine rings is 1. The van der Waals surface area contributed by atoms with E-state index in [-0.39, 0.29) is 5.91 Å². The predicted molar refractivity (Wildman–Crippen MR) is 125 cm³/mol. The van der Waals surface area contributed by atoms with Crippen LogP contribution in [0.3, 0.4) is 0 Å². The van der Waals surface area contributed by atoms with E-state index in [0.29, 0.717) is 12.2 Å². The Morgan fingerprint density at radius 2 is 1.77 bits per heavy atom. The van der Waals surface area contributed by atoms with Crippen LogP contribution in [-0.4, -0.2) is 23.7 Å². The number of amides is 1. The second-order valence-electron chi connectivity index (χ2n) is 7.14. The third kappa shape index (κ3) is 4.78. The van der Waals surface area contributed by atoms with E-state index in [0.717, 1.165) is 33.5 Å². The highest BCUT2D eigenvalue weighted by atomic mass is 16.5. The largest absolute Gasteiger partial charge is 0.494 e. The first-order valence-electron chi connectivity index (χ1n) is 10.2. The van der Waals surface area contributed by atoms with Crippen molar-refractivity contribution in [3.63, 3.8) is 0 Å². The normalized spacial score (nSPS) is 11.0. The average Bonchev–Trinajstić information content (AvgIpc) is 2.80. The number of aryl methyl sites for hydroxylation is 1. The number of nitrogens with one attached hydrogen (secondary N) is 1. The van der Waals surface area contributed by atoms with Gasteiger partial charge in [0.15, 0.2) is 0 Å². The number of hydrogen-bond acceptors (Lipinski definition) is 4. The average molecular weight is 409 g/mol. The quantitative estimate of drug-likeness (QED) is 0.344. The highest BCUT2D eigenvalue weighted by Gasteiger charge is 2.13. The molecule has 0 unspecified atom stereocenters. The van der Waals surface area contributed by atoms with Gasteiger partial charge >= 0.3 is 0 Å². The first-order valence-corrected chi connectivity index (χ1v) is 10.2. The van der Waals surface area contributed by atoms with Gasteiger partial charge in [-0.05, 0) is 55.8 Å². The lowest BCUT2D eigenvalue weighted by Crippen LogP contribution is -2.18. The smallest absolute Gasteiger partial charge is 0.272 e. The number of carbonyl (C=O) groups excluding carboxylic acids is 1. The SMILES string of the molecule is CCOc1ccc(/C=N/NC(=O)c2cc(-c3ccc(C)cc3)nc3ccccc23)cc1. The first kappa shape index (κ1) is 20.3. The van der Waals surface area contributed by atoms with Gasteiger partial charge in [-0.25, -0.2) is 10.4 Å². The van der Waals surface area contributed by atoms with Crippen LogP contribution in [0.2, 0.25) is 0 Å². The van der Waals surface area contributed by atoms with Crippen molar-refractivity contribution in [1.82, 2.24) is 10.4 Å². The van der Waals surface area contributed by atoms with Crippen LogP contribution in [0.25, 0.3) is 22.2 Å². The molecule has 0 saturated heterocycles. The fourth-order valence-corrected chi connectivity index (χ4v) is 3.28. The number of ether oxygens (including phenoxy) is 1. The molecule has 1 heterocycles. The molecule has 0 fully saturated rings. The third-order valence-corrected chi connectivity index (χ3v) is 4.88. The van der Waals surface area contributed by atoms with Gasteiger partial charge in [-0.1, -0.05) is 48.0 Å². The Morgan fingerprint density at radius 1 is 1.03 bits per heavy atom. The van der Waals surface area contributed by atoms with Gasteiger partial charge < -0.3 is 4.74 Å². The summed E-state index contributed by atoms with van der Waals surface area (Å²) >= 11 is 0. The summed E-state index contributed by atoms with van der Waals surface area (Å²) in [6, 6.07) is 25.0. The highest BCUT2D eigenvalue weighted by molar-refractivity contribution is 6.07. The molecule has 0 bridgehead atoms. The van der Waals surface area contributed by atoms with E-state index >= 15 is 0 Å². The summed E-state index contributed by atoms with van der Waals surface area (Å²) < 4.78 is 5.44. The Kier molecular flexibility index (Phi) is 6.03. The Hall–Kier alpha value is -3.99. The highest BCUT2D eigenvalue weighted by Crippen LogP contribution is 2.25. The van der Waals surface area contributed by atoms with E-state index in [1.54, 1.807) is 6.21 Å². The molecule has 0 saturated carbocycles. The van der Waals surface area contributed by atoms with E-state index < -0.39 is 0 Å². The minimum absolute atomic E-state index is 0.283. The van der Waals surface area contributed by atoms with Crippen LogP contribution in [0, 0.1) is 6.92 Å². The summed E-state index contributed by atoms with van der Waals surface area (Å²) in [7, 11) is 0. The van der Waals surface area contributed by atoms with Gasteiger partial charge in [0.1, 0.15) is 5.75 Å². The van der Waals surface area contributed by atoms with Crippen LogP contribution in [-0.2, 0) is 0 Å². The Morgan fingerprint density at radius 3 is 2.52 bits per heavy atom. The van der Waals surface area contributed by atoms with Crippen molar-refractivity contribution in [3.05, 3.63) is 95.6 Å². The second-order valence-corrected chi connectivity index (χ2v) is 7.14. The van der Waals surface area contributed by atoms with Gasteiger partial charge in [-0.15, -0.1) is 0 Å². The molecule has 5 nitrogen and oxygen atoms in total. The van der Waals surface area contributed by atoms with Crippen molar-refractivity contribution < 1.29 is 9.53 Å². The van der Waals surface area contributed by atoms with Crippen LogP contribution in [0.5, 0.6) is 5.75 Å². The molecule has 0 radical (unpaired) electrons. The van der Waals surface area contributed by atoms with Crippen molar-refractivity contribution in [2.24, 2.45) is 5.10 Å². The van der Waals surface area contributed by atoms with Crippen molar-refractivity contribution >= 4 is 23.0 Å². The molecule has 0 aliphatic carbocycles. The van der Waals surface area contributed by atoms with E-state index in [4.69, 9.17) is 9.72 Å². The Bertz CT molecular complexity index is 1230. The molecule has 3 aromatic carbocycles. The van der Waals surface area contributed by atoms with Crippen LogP contribution in [0.1, 0.15) is 28.4 Å². The van der Waals surface area contributed by atoms with Crippen LogP contribution in [0.15, 0.2) is 84.0 Å². The van der Waals surface area contributed by atoms with Crippen LogP contribution < -0.4 is 10.2 Å². The van der Waals surface area contributed by atoms with E-state index in [1.807, 2.05) is 92.7 Å². The van der Waals surface area contributed by atoms with Crippen LogP contribution >= 0.6 is 0 Å². The van der Waals surface area contributed by atoms with Gasteiger partial charge in [0.05, 0.1) is 29.6 Å². The fraction of sp³-hybridized carbons (Fsp3) is 0.115. The molecule has 0 spiro atoms. The summed E-state index contributed by atoms with van der Waals surface area (Å²) in [4.78, 5) is 17.7. The van der Waals surface area contributed by atoms with Gasteiger partial charge in [0.2, 0.25) is 0 Å². The topological polar surface area (TPSA) is 63.6 Å². The Balaban J connectivity index is 1.60. The third-order valence-electron chi connectivity index (χ3n) is 4.88. The lowest BCUT2D eigenvalue weighted by atomic mass is 10.0. The molecule has 0 atom stereocenters. The molecule has 31 heavy (non-hydrogen) atoms. The number of hydrazone groups is 1. The number of carbonyl (C=O) groups is 1. The number of benzene rings is 3. The zero-order chi connectivity index (χ0) is 21.6. The molecule has 1 aromatic heterocycles. The van der Waals surface area contributed by atoms with Crippen molar-refractivity contribution in [2.75, 3.05) is 6.61 Å². The number of para-hydroxylation sites is 1. The maximum atomic E-state index is 13.0. The molecule has 0 aliphatic rings. The molecule has 5 heteroatoms. The number of hydrogen-bond donors (Lipinski definition) is 1. The van der Waals surface area contributed by atoms with Crippen molar-refractivity contribution in [1.29, 1.82) is 0 Å². The van der Waals surface area contributed by atoms with Gasteiger partial charge in [-0.3, -0.25) is 4.79 Å². The standard InChI is InChI=1S/C26H23N3O2/c1-3-31-21-14-10-19(11-15-21)17-27-29-26(30)23-16-25(20-12-8-18(2)9-13-20)28-24-7-5-4-6-22(23)24/h4-17H,3H2,1-2H3,(H,29,30)/b27-17+. The summed E-state index contributed by atoms with van der Waals surface area (Å²) in [6.07, 6.45) is 1.61. The maximum absolute atomic E-state index is 13.0. The van der Waals surface area contributed by atoms with E-state index in [2.05, 4.69) is 10.5 Å². The second kappa shape index (κ2) is 9.22. The van der Waals surface area contributed by atoms with Gasteiger partial charge in [0.25, 0.3) is 5.91 Å². The number of aromatic nitrogens is 1.